The summed E-state index contributed by atoms with van der Waals surface area (Å²) in [7, 11) is 0. The normalized spacial score (nSPS) is 12.3. The van der Waals surface area contributed by atoms with Crippen LogP contribution in [0.3, 0.4) is 0 Å². The molecule has 0 aliphatic heterocycles. The van der Waals surface area contributed by atoms with Gasteiger partial charge < -0.3 is 4.42 Å². The quantitative estimate of drug-likeness (QED) is 0.168. The van der Waals surface area contributed by atoms with Crippen molar-refractivity contribution in [3.8, 4) is 51.0 Å². The Bertz CT molecular complexity index is 3370. The number of nitrogens with zero attached hydrogens (tertiary/aromatic N) is 4. The van der Waals surface area contributed by atoms with Crippen LogP contribution in [0.5, 0.6) is 0 Å². The van der Waals surface area contributed by atoms with Crippen LogP contribution in [-0.2, 0) is 6.42 Å². The average molecular weight is 813 g/mol. The summed E-state index contributed by atoms with van der Waals surface area (Å²) < 4.78 is 8.76. The monoisotopic (exact) mass is 812 g/mol. The molecule has 3 heterocycles. The first-order valence-corrected chi connectivity index (χ1v) is 21.9. The molecule has 8 aromatic carbocycles. The topological polar surface area (TPSA) is 56.7 Å². The Morgan fingerprint density at radius 3 is 1.67 bits per heavy atom. The molecule has 0 unspecified atom stereocenters. The molecule has 12 rings (SSSR count). The van der Waals surface area contributed by atoms with Gasteiger partial charge in [0, 0.05) is 38.2 Å². The van der Waals surface area contributed by atoms with Crippen LogP contribution >= 0.6 is 0 Å². The van der Waals surface area contributed by atoms with Crippen molar-refractivity contribution >= 4 is 49.2 Å². The second-order valence-corrected chi connectivity index (χ2v) is 16.2. The number of aromatic nitrogens is 4. The van der Waals surface area contributed by atoms with Crippen LogP contribution in [0.15, 0.2) is 199 Å². The maximum atomic E-state index is 6.44. The first-order valence-electron chi connectivity index (χ1n) is 21.9. The molecule has 3 aromatic heterocycles. The first kappa shape index (κ1) is 38.1. The van der Waals surface area contributed by atoms with Crippen molar-refractivity contribution in [2.24, 2.45) is 0 Å². The van der Waals surface area contributed by atoms with Crippen molar-refractivity contribution in [3.63, 3.8) is 0 Å². The van der Waals surface area contributed by atoms with E-state index in [0.29, 0.717) is 17.6 Å². The van der Waals surface area contributed by atoms with Gasteiger partial charge in [0.05, 0.1) is 11.2 Å². The Kier molecular flexibility index (Phi) is 9.78. The predicted octanol–water partition coefficient (Wildman–Crippen LogP) is 15.3. The third-order valence-electron chi connectivity index (χ3n) is 12.0. The highest BCUT2D eigenvalue weighted by Crippen LogP contribution is 2.45. The highest BCUT2D eigenvalue weighted by atomic mass is 16.3. The number of aryl methyl sites for hydroxylation is 1. The Morgan fingerprint density at radius 1 is 0.476 bits per heavy atom. The standard InChI is InChI=1S/C55H36N4O.C3H8/c1-3-13-35(14-4-1)37-25-29-40(30-26-37)53-56-54(41-31-27-38(28-32-41)36-15-5-2-6-16-36)58-55(57-53)59-51-42-18-8-7-17-39(42)33-34-46(51)45-22-11-21-44(52(45)59)43-20-12-24-49-50(43)47-19-9-10-23-48(47)60-49;1-3-2/h1-10,12-21,23-34H,11,22H2;3H2,1-2H3. The van der Waals surface area contributed by atoms with Gasteiger partial charge >= 0.3 is 0 Å². The molecule has 5 nitrogen and oxygen atoms in total. The van der Waals surface area contributed by atoms with E-state index in [2.05, 4.69) is 194 Å². The molecule has 0 fully saturated rings. The average Bonchev–Trinajstić information content (AvgIpc) is 3.91. The van der Waals surface area contributed by atoms with Gasteiger partial charge in [-0.05, 0) is 63.7 Å². The number of para-hydroxylation sites is 1. The Balaban J connectivity index is 0.00000144. The molecule has 0 N–H and O–H groups in total. The predicted molar refractivity (Wildman–Crippen MR) is 261 cm³/mol. The van der Waals surface area contributed by atoms with E-state index in [1.165, 1.54) is 17.4 Å². The van der Waals surface area contributed by atoms with Crippen molar-refractivity contribution < 1.29 is 4.42 Å². The van der Waals surface area contributed by atoms with E-state index in [1.54, 1.807) is 0 Å². The molecule has 0 saturated carbocycles. The second-order valence-electron chi connectivity index (χ2n) is 16.2. The fourth-order valence-corrected chi connectivity index (χ4v) is 9.15. The summed E-state index contributed by atoms with van der Waals surface area (Å²) >= 11 is 0. The number of furan rings is 1. The van der Waals surface area contributed by atoms with E-state index < -0.39 is 0 Å². The summed E-state index contributed by atoms with van der Waals surface area (Å²) in [5, 5.41) is 5.74. The van der Waals surface area contributed by atoms with Crippen molar-refractivity contribution in [1.82, 2.24) is 19.5 Å². The number of hydrogen-bond donors (Lipinski definition) is 0. The summed E-state index contributed by atoms with van der Waals surface area (Å²) in [6.45, 7) is 4.25. The molecular weight excluding hydrogens is 769 g/mol. The van der Waals surface area contributed by atoms with E-state index >= 15 is 0 Å². The van der Waals surface area contributed by atoms with Gasteiger partial charge in [0.1, 0.15) is 11.2 Å². The van der Waals surface area contributed by atoms with Gasteiger partial charge in [-0.3, -0.25) is 4.57 Å². The van der Waals surface area contributed by atoms with Gasteiger partial charge in [-0.1, -0.05) is 202 Å². The fourth-order valence-electron chi connectivity index (χ4n) is 9.15. The molecule has 302 valence electrons. The third kappa shape index (κ3) is 6.79. The first-order chi connectivity index (χ1) is 31.2. The Morgan fingerprint density at radius 2 is 1.02 bits per heavy atom. The molecule has 0 saturated heterocycles. The SMILES string of the molecule is C1=C(c2cccc3oc4ccccc4c23)c2c(c3ccc4ccccc4c3n2-c2nc(-c3ccc(-c4ccccc4)cc3)nc(-c3ccc(-c4ccccc4)cc3)n2)CC1.CCC. The molecule has 5 heteroatoms. The Labute approximate surface area is 366 Å². The largest absolute Gasteiger partial charge is 0.456 e. The lowest BCUT2D eigenvalue weighted by atomic mass is 9.88. The minimum Gasteiger partial charge on any atom is -0.456 e. The zero-order valence-electron chi connectivity index (χ0n) is 35.3. The second kappa shape index (κ2) is 16.2. The van der Waals surface area contributed by atoms with Crippen molar-refractivity contribution in [1.29, 1.82) is 0 Å². The number of allylic oxidation sites excluding steroid dienone is 1. The minimum atomic E-state index is 0.578. The van der Waals surface area contributed by atoms with Gasteiger partial charge in [-0.15, -0.1) is 0 Å². The summed E-state index contributed by atoms with van der Waals surface area (Å²) in [5.74, 6) is 1.80. The zero-order chi connectivity index (χ0) is 42.3. The van der Waals surface area contributed by atoms with Crippen LogP contribution in [0.1, 0.15) is 43.5 Å². The lowest BCUT2D eigenvalue weighted by molar-refractivity contribution is 0.669. The van der Waals surface area contributed by atoms with Crippen LogP contribution in [0.2, 0.25) is 0 Å². The third-order valence-corrected chi connectivity index (χ3v) is 12.0. The number of fused-ring (bicyclic) bond motifs is 8. The van der Waals surface area contributed by atoms with E-state index in [4.69, 9.17) is 19.4 Å². The minimum absolute atomic E-state index is 0.578. The lowest BCUT2D eigenvalue weighted by Crippen LogP contribution is -2.11. The summed E-state index contributed by atoms with van der Waals surface area (Å²) in [5.41, 5.74) is 14.0. The number of benzene rings is 8. The van der Waals surface area contributed by atoms with Crippen molar-refractivity contribution in [3.05, 3.63) is 211 Å². The van der Waals surface area contributed by atoms with Crippen LogP contribution in [0, 0.1) is 0 Å². The van der Waals surface area contributed by atoms with Gasteiger partial charge in [0.25, 0.3) is 0 Å². The van der Waals surface area contributed by atoms with E-state index in [-0.39, 0.29) is 0 Å². The van der Waals surface area contributed by atoms with Crippen LogP contribution in [-0.4, -0.2) is 19.5 Å². The summed E-state index contributed by atoms with van der Waals surface area (Å²) in [6.07, 6.45) is 5.45. The van der Waals surface area contributed by atoms with Gasteiger partial charge in [-0.25, -0.2) is 4.98 Å². The molecule has 11 aromatic rings. The zero-order valence-corrected chi connectivity index (χ0v) is 35.3. The molecular formula is C58H44N4O. The van der Waals surface area contributed by atoms with E-state index in [1.807, 2.05) is 18.2 Å². The van der Waals surface area contributed by atoms with E-state index in [9.17, 15) is 0 Å². The smallest absolute Gasteiger partial charge is 0.238 e. The van der Waals surface area contributed by atoms with Crippen LogP contribution in [0.4, 0.5) is 0 Å². The molecule has 1 aliphatic rings. The highest BCUT2D eigenvalue weighted by molar-refractivity contribution is 6.14. The molecule has 0 bridgehead atoms. The highest BCUT2D eigenvalue weighted by Gasteiger charge is 2.29. The lowest BCUT2D eigenvalue weighted by Gasteiger charge is -2.20. The van der Waals surface area contributed by atoms with E-state index in [0.717, 1.165) is 101 Å². The van der Waals surface area contributed by atoms with Gasteiger partial charge in [0.15, 0.2) is 11.6 Å². The summed E-state index contributed by atoms with van der Waals surface area (Å²) in [6, 6.07) is 65.9. The molecule has 0 radical (unpaired) electrons. The van der Waals surface area contributed by atoms with Gasteiger partial charge in [0.2, 0.25) is 5.95 Å². The number of hydrogen-bond acceptors (Lipinski definition) is 4. The fraction of sp³-hybridized carbons (Fsp3) is 0.0862. The molecule has 0 spiro atoms. The van der Waals surface area contributed by atoms with Crippen molar-refractivity contribution in [2.75, 3.05) is 0 Å². The maximum Gasteiger partial charge on any atom is 0.238 e. The maximum absolute atomic E-state index is 6.44. The summed E-state index contributed by atoms with van der Waals surface area (Å²) in [4.78, 5) is 16.1. The van der Waals surface area contributed by atoms with Crippen LogP contribution < -0.4 is 0 Å². The van der Waals surface area contributed by atoms with Gasteiger partial charge in [-0.2, -0.15) is 9.97 Å². The van der Waals surface area contributed by atoms with Crippen LogP contribution in [0.25, 0.3) is 100 Å². The molecule has 1 aliphatic carbocycles. The molecule has 0 amide bonds. The Hall–Kier alpha value is -7.89. The molecule has 63 heavy (non-hydrogen) atoms. The van der Waals surface area contributed by atoms with Crippen molar-refractivity contribution in [2.45, 2.75) is 33.1 Å². The molecule has 0 atom stereocenters. The number of rotatable bonds is 6.